The van der Waals surface area contributed by atoms with E-state index in [1.807, 2.05) is 0 Å². The van der Waals surface area contributed by atoms with Gasteiger partial charge in [-0.3, -0.25) is 0 Å². The monoisotopic (exact) mass is 247 g/mol. The molecule has 0 spiro atoms. The van der Waals surface area contributed by atoms with E-state index in [0.29, 0.717) is 18.8 Å². The van der Waals surface area contributed by atoms with Gasteiger partial charge in [-0.05, 0) is 37.5 Å². The number of benzene rings is 1. The van der Waals surface area contributed by atoms with Crippen LogP contribution in [-0.2, 0) is 6.18 Å². The maximum absolute atomic E-state index is 13.5. The summed E-state index contributed by atoms with van der Waals surface area (Å²) in [6.07, 6.45) is -2.62. The van der Waals surface area contributed by atoms with Crippen molar-refractivity contribution in [3.05, 3.63) is 29.1 Å². The predicted molar refractivity (Wildman–Crippen MR) is 57.6 cm³/mol. The molecule has 1 aliphatic heterocycles. The molecule has 0 aromatic heterocycles. The molecule has 94 valence electrons. The maximum atomic E-state index is 13.5. The molecule has 0 atom stereocenters. The van der Waals surface area contributed by atoms with E-state index in [-0.39, 0.29) is 5.56 Å². The second-order valence-electron chi connectivity index (χ2n) is 4.29. The van der Waals surface area contributed by atoms with E-state index in [9.17, 15) is 17.6 Å². The van der Waals surface area contributed by atoms with Gasteiger partial charge in [0.2, 0.25) is 0 Å². The lowest BCUT2D eigenvalue weighted by Gasteiger charge is -2.20. The van der Waals surface area contributed by atoms with Crippen molar-refractivity contribution in [2.75, 3.05) is 18.0 Å². The fourth-order valence-electron chi connectivity index (χ4n) is 2.12. The molecule has 0 saturated carbocycles. The van der Waals surface area contributed by atoms with E-state index in [1.165, 1.54) is 6.07 Å². The third kappa shape index (κ3) is 2.37. The number of alkyl halides is 3. The van der Waals surface area contributed by atoms with E-state index in [4.69, 9.17) is 0 Å². The van der Waals surface area contributed by atoms with Crippen molar-refractivity contribution in [3.63, 3.8) is 0 Å². The molecule has 2 rings (SSSR count). The Morgan fingerprint density at radius 1 is 1.12 bits per heavy atom. The summed E-state index contributed by atoms with van der Waals surface area (Å²) in [6, 6.07) is 2.24. The lowest BCUT2D eigenvalue weighted by molar-refractivity contribution is -0.138. The summed E-state index contributed by atoms with van der Waals surface area (Å²) in [5.41, 5.74) is -0.877. The molecule has 0 bridgehead atoms. The zero-order chi connectivity index (χ0) is 12.6. The molecule has 1 aliphatic rings. The first-order valence-corrected chi connectivity index (χ1v) is 5.52. The van der Waals surface area contributed by atoms with Gasteiger partial charge in [-0.15, -0.1) is 0 Å². The Kier molecular flexibility index (Phi) is 3.02. The van der Waals surface area contributed by atoms with Crippen molar-refractivity contribution in [1.29, 1.82) is 0 Å². The molecule has 1 aromatic carbocycles. The van der Waals surface area contributed by atoms with Gasteiger partial charge in [0.15, 0.2) is 0 Å². The number of anilines is 1. The summed E-state index contributed by atoms with van der Waals surface area (Å²) in [4.78, 5) is 1.79. The van der Waals surface area contributed by atoms with Gasteiger partial charge in [0.05, 0.1) is 5.56 Å². The minimum atomic E-state index is -4.50. The van der Waals surface area contributed by atoms with Crippen LogP contribution >= 0.6 is 0 Å². The molecule has 17 heavy (non-hydrogen) atoms. The quantitative estimate of drug-likeness (QED) is 0.683. The molecule has 1 nitrogen and oxygen atoms in total. The van der Waals surface area contributed by atoms with Crippen LogP contribution in [0.3, 0.4) is 0 Å². The Bertz CT molecular complexity index is 419. The minimum absolute atomic E-state index is 0.331. The molecule has 5 heteroatoms. The molecule has 1 fully saturated rings. The molecule has 1 saturated heterocycles. The van der Waals surface area contributed by atoms with Gasteiger partial charge < -0.3 is 4.90 Å². The van der Waals surface area contributed by atoms with Crippen LogP contribution in [0.5, 0.6) is 0 Å². The van der Waals surface area contributed by atoms with E-state index < -0.39 is 17.6 Å². The van der Waals surface area contributed by atoms with Gasteiger partial charge in [-0.25, -0.2) is 4.39 Å². The van der Waals surface area contributed by atoms with Crippen molar-refractivity contribution < 1.29 is 17.6 Å². The molecule has 0 unspecified atom stereocenters. The van der Waals surface area contributed by atoms with Crippen LogP contribution < -0.4 is 4.90 Å². The average molecular weight is 247 g/mol. The Morgan fingerprint density at radius 3 is 2.24 bits per heavy atom. The summed E-state index contributed by atoms with van der Waals surface area (Å²) in [5, 5.41) is 0. The molecule has 0 radical (unpaired) electrons. The summed E-state index contributed by atoms with van der Waals surface area (Å²) >= 11 is 0. The molecule has 0 N–H and O–H groups in total. The van der Waals surface area contributed by atoms with Crippen molar-refractivity contribution in [2.24, 2.45) is 0 Å². The van der Waals surface area contributed by atoms with E-state index in [0.717, 1.165) is 25.8 Å². The highest BCUT2D eigenvalue weighted by molar-refractivity contribution is 5.52. The first kappa shape index (κ1) is 12.2. The Labute approximate surface area is 97.0 Å². The third-order valence-electron chi connectivity index (χ3n) is 3.11. The van der Waals surface area contributed by atoms with Crippen molar-refractivity contribution in [1.82, 2.24) is 0 Å². The highest BCUT2D eigenvalue weighted by Gasteiger charge is 2.34. The SMILES string of the molecule is Cc1c(F)cc(N2CCCC2)cc1C(F)(F)F. The topological polar surface area (TPSA) is 3.24 Å². The summed E-state index contributed by atoms with van der Waals surface area (Å²) in [7, 11) is 0. The standard InChI is InChI=1S/C12H13F4N/c1-8-10(12(14,15)16)6-9(7-11(8)13)17-4-2-3-5-17/h6-7H,2-5H2,1H3. The van der Waals surface area contributed by atoms with Crippen LogP contribution in [0.2, 0.25) is 0 Å². The molecule has 0 aliphatic carbocycles. The first-order chi connectivity index (χ1) is 7.89. The highest BCUT2D eigenvalue weighted by atomic mass is 19.4. The van der Waals surface area contributed by atoms with E-state index >= 15 is 0 Å². The van der Waals surface area contributed by atoms with Crippen molar-refractivity contribution >= 4 is 5.69 Å². The highest BCUT2D eigenvalue weighted by Crippen LogP contribution is 2.36. The Hall–Kier alpha value is -1.26. The van der Waals surface area contributed by atoms with Crippen LogP contribution in [-0.4, -0.2) is 13.1 Å². The van der Waals surface area contributed by atoms with Gasteiger partial charge >= 0.3 is 6.18 Å². The smallest absolute Gasteiger partial charge is 0.371 e. The molecular formula is C12H13F4N. The zero-order valence-corrected chi connectivity index (χ0v) is 9.44. The van der Waals surface area contributed by atoms with Crippen LogP contribution in [0.4, 0.5) is 23.2 Å². The van der Waals surface area contributed by atoms with E-state index in [1.54, 1.807) is 4.90 Å². The average Bonchev–Trinajstić information content (AvgIpc) is 2.73. The molecular weight excluding hydrogens is 234 g/mol. The number of nitrogens with zero attached hydrogens (tertiary/aromatic N) is 1. The minimum Gasteiger partial charge on any atom is -0.371 e. The summed E-state index contributed by atoms with van der Waals surface area (Å²) in [5.74, 6) is -0.790. The summed E-state index contributed by atoms with van der Waals surface area (Å²) < 4.78 is 51.6. The van der Waals surface area contributed by atoms with Crippen molar-refractivity contribution in [2.45, 2.75) is 25.9 Å². The Balaban J connectivity index is 2.45. The Morgan fingerprint density at radius 2 is 1.71 bits per heavy atom. The van der Waals surface area contributed by atoms with Crippen LogP contribution in [0.15, 0.2) is 12.1 Å². The van der Waals surface area contributed by atoms with Crippen molar-refractivity contribution in [3.8, 4) is 0 Å². The lowest BCUT2D eigenvalue weighted by atomic mass is 10.1. The molecule has 1 heterocycles. The fourth-order valence-corrected chi connectivity index (χ4v) is 2.12. The second-order valence-corrected chi connectivity index (χ2v) is 4.29. The largest absolute Gasteiger partial charge is 0.416 e. The lowest BCUT2D eigenvalue weighted by Crippen LogP contribution is -2.19. The van der Waals surface area contributed by atoms with Gasteiger partial charge in [0.1, 0.15) is 5.82 Å². The first-order valence-electron chi connectivity index (χ1n) is 5.52. The van der Waals surface area contributed by atoms with Gasteiger partial charge in [0.25, 0.3) is 0 Å². The number of halogens is 4. The number of hydrogen-bond donors (Lipinski definition) is 0. The fraction of sp³-hybridized carbons (Fsp3) is 0.500. The second kappa shape index (κ2) is 4.20. The predicted octanol–water partition coefficient (Wildman–Crippen LogP) is 3.75. The van der Waals surface area contributed by atoms with Crippen LogP contribution in [0.25, 0.3) is 0 Å². The van der Waals surface area contributed by atoms with Crippen LogP contribution in [0, 0.1) is 12.7 Å². The summed E-state index contributed by atoms with van der Waals surface area (Å²) in [6.45, 7) is 2.55. The molecule has 1 aromatic rings. The molecule has 0 amide bonds. The number of rotatable bonds is 1. The normalized spacial score (nSPS) is 16.6. The van der Waals surface area contributed by atoms with Gasteiger partial charge in [0, 0.05) is 18.8 Å². The number of hydrogen-bond acceptors (Lipinski definition) is 1. The van der Waals surface area contributed by atoms with Gasteiger partial charge in [-0.1, -0.05) is 0 Å². The zero-order valence-electron chi connectivity index (χ0n) is 9.44. The third-order valence-corrected chi connectivity index (χ3v) is 3.11. The van der Waals surface area contributed by atoms with E-state index in [2.05, 4.69) is 0 Å². The maximum Gasteiger partial charge on any atom is 0.416 e. The van der Waals surface area contributed by atoms with Crippen LogP contribution in [0.1, 0.15) is 24.0 Å². The van der Waals surface area contributed by atoms with Gasteiger partial charge in [-0.2, -0.15) is 13.2 Å².